The molecule has 6 heteroatoms. The molecule has 122 valence electrons. The number of hydrogen-bond acceptors (Lipinski definition) is 5. The van der Waals surface area contributed by atoms with Gasteiger partial charge in [0.2, 0.25) is 5.91 Å². The topological polar surface area (TPSA) is 71.3 Å². The minimum absolute atomic E-state index is 0.120. The molecular weight excluding hydrogens is 324 g/mol. The SMILES string of the molecule is CC(Sc1ccc2c(c1)OCCO2)C(=O)Nc1cccc(C#N)c1. The molecule has 0 saturated heterocycles. The summed E-state index contributed by atoms with van der Waals surface area (Å²) in [4.78, 5) is 13.3. The molecule has 0 bridgehead atoms. The molecule has 0 fully saturated rings. The largest absolute Gasteiger partial charge is 0.486 e. The predicted molar refractivity (Wildman–Crippen MR) is 92.5 cm³/mol. The molecule has 3 rings (SSSR count). The van der Waals surface area contributed by atoms with Crippen molar-refractivity contribution in [2.75, 3.05) is 18.5 Å². The third-order valence-electron chi connectivity index (χ3n) is 3.45. The van der Waals surface area contributed by atoms with E-state index in [0.717, 1.165) is 10.6 Å². The van der Waals surface area contributed by atoms with Crippen LogP contribution in [-0.4, -0.2) is 24.4 Å². The van der Waals surface area contributed by atoms with E-state index in [4.69, 9.17) is 14.7 Å². The summed E-state index contributed by atoms with van der Waals surface area (Å²) in [7, 11) is 0. The van der Waals surface area contributed by atoms with E-state index in [1.165, 1.54) is 11.8 Å². The number of hydrogen-bond donors (Lipinski definition) is 1. The van der Waals surface area contributed by atoms with Crippen LogP contribution in [-0.2, 0) is 4.79 Å². The maximum absolute atomic E-state index is 12.3. The van der Waals surface area contributed by atoms with Gasteiger partial charge in [0.1, 0.15) is 13.2 Å². The molecule has 1 unspecified atom stereocenters. The van der Waals surface area contributed by atoms with Crippen molar-refractivity contribution in [2.24, 2.45) is 0 Å². The van der Waals surface area contributed by atoms with Crippen molar-refractivity contribution in [3.8, 4) is 17.6 Å². The number of thioether (sulfide) groups is 1. The third kappa shape index (κ3) is 3.81. The molecule has 1 aliphatic rings. The lowest BCUT2D eigenvalue weighted by Gasteiger charge is -2.19. The Bertz CT molecular complexity index is 801. The Balaban J connectivity index is 1.64. The van der Waals surface area contributed by atoms with Crippen LogP contribution in [0.25, 0.3) is 0 Å². The molecule has 5 nitrogen and oxygen atoms in total. The Hall–Kier alpha value is -2.65. The molecule has 2 aromatic rings. The van der Waals surface area contributed by atoms with E-state index in [1.54, 1.807) is 24.3 Å². The van der Waals surface area contributed by atoms with Crippen LogP contribution in [0, 0.1) is 11.3 Å². The Morgan fingerprint density at radius 1 is 1.21 bits per heavy atom. The fourth-order valence-corrected chi connectivity index (χ4v) is 3.16. The van der Waals surface area contributed by atoms with Gasteiger partial charge in [-0.3, -0.25) is 4.79 Å². The van der Waals surface area contributed by atoms with E-state index in [9.17, 15) is 4.79 Å². The molecule has 0 radical (unpaired) electrons. The molecule has 0 spiro atoms. The van der Waals surface area contributed by atoms with Gasteiger partial charge in [0, 0.05) is 10.6 Å². The second kappa shape index (κ2) is 7.28. The first-order valence-electron chi connectivity index (χ1n) is 7.53. The number of amides is 1. The summed E-state index contributed by atoms with van der Waals surface area (Å²) < 4.78 is 11.0. The zero-order chi connectivity index (χ0) is 16.9. The number of fused-ring (bicyclic) bond motifs is 1. The molecule has 1 amide bonds. The highest BCUT2D eigenvalue weighted by atomic mass is 32.2. The number of benzene rings is 2. The van der Waals surface area contributed by atoms with Crippen molar-refractivity contribution >= 4 is 23.4 Å². The number of nitrogens with zero attached hydrogens (tertiary/aromatic N) is 1. The summed E-state index contributed by atoms with van der Waals surface area (Å²) in [5, 5.41) is 11.4. The van der Waals surface area contributed by atoms with Gasteiger partial charge in [-0.25, -0.2) is 0 Å². The van der Waals surface area contributed by atoms with E-state index >= 15 is 0 Å². The second-order valence-corrected chi connectivity index (χ2v) is 6.66. The number of nitrogens with one attached hydrogen (secondary N) is 1. The maximum Gasteiger partial charge on any atom is 0.237 e. The number of rotatable bonds is 4. The van der Waals surface area contributed by atoms with Crippen LogP contribution in [0.1, 0.15) is 12.5 Å². The second-order valence-electron chi connectivity index (χ2n) is 5.25. The fourth-order valence-electron chi connectivity index (χ4n) is 2.27. The molecule has 24 heavy (non-hydrogen) atoms. The van der Waals surface area contributed by atoms with Crippen LogP contribution in [0.4, 0.5) is 5.69 Å². The van der Waals surface area contributed by atoms with Gasteiger partial charge in [-0.1, -0.05) is 6.07 Å². The van der Waals surface area contributed by atoms with Gasteiger partial charge >= 0.3 is 0 Å². The quantitative estimate of drug-likeness (QED) is 0.863. The highest BCUT2D eigenvalue weighted by Crippen LogP contribution is 2.35. The number of ether oxygens (including phenoxy) is 2. The summed E-state index contributed by atoms with van der Waals surface area (Å²) in [5.41, 5.74) is 1.13. The normalized spacial score (nSPS) is 13.7. The number of carbonyl (C=O) groups excluding carboxylic acids is 1. The zero-order valence-electron chi connectivity index (χ0n) is 13.1. The Labute approximate surface area is 144 Å². The minimum atomic E-state index is -0.293. The first-order chi connectivity index (χ1) is 11.7. The molecule has 1 atom stereocenters. The van der Waals surface area contributed by atoms with Gasteiger partial charge in [-0.2, -0.15) is 5.26 Å². The number of nitriles is 1. The Kier molecular flexibility index (Phi) is 4.92. The van der Waals surface area contributed by atoms with Crippen molar-refractivity contribution in [3.05, 3.63) is 48.0 Å². The van der Waals surface area contributed by atoms with Crippen LogP contribution < -0.4 is 14.8 Å². The maximum atomic E-state index is 12.3. The van der Waals surface area contributed by atoms with Crippen LogP contribution in [0.3, 0.4) is 0 Å². The highest BCUT2D eigenvalue weighted by molar-refractivity contribution is 8.00. The van der Waals surface area contributed by atoms with E-state index in [2.05, 4.69) is 11.4 Å². The Morgan fingerprint density at radius 3 is 2.79 bits per heavy atom. The van der Waals surface area contributed by atoms with E-state index in [-0.39, 0.29) is 11.2 Å². The fraction of sp³-hybridized carbons (Fsp3) is 0.222. The predicted octanol–water partition coefficient (Wildman–Crippen LogP) is 3.45. The van der Waals surface area contributed by atoms with Crippen LogP contribution in [0.5, 0.6) is 11.5 Å². The summed E-state index contributed by atoms with van der Waals surface area (Å²) in [6.45, 7) is 2.93. The first-order valence-corrected chi connectivity index (χ1v) is 8.41. The first kappa shape index (κ1) is 16.2. The van der Waals surface area contributed by atoms with Crippen LogP contribution in [0.2, 0.25) is 0 Å². The van der Waals surface area contributed by atoms with Crippen LogP contribution >= 0.6 is 11.8 Å². The molecule has 0 aromatic heterocycles. The molecule has 1 aliphatic heterocycles. The van der Waals surface area contributed by atoms with Gasteiger partial charge in [0.15, 0.2) is 11.5 Å². The van der Waals surface area contributed by atoms with Crippen molar-refractivity contribution < 1.29 is 14.3 Å². The van der Waals surface area contributed by atoms with Gasteiger partial charge in [-0.05, 0) is 43.3 Å². The lowest BCUT2D eigenvalue weighted by Crippen LogP contribution is -2.22. The lowest BCUT2D eigenvalue weighted by molar-refractivity contribution is -0.115. The van der Waals surface area contributed by atoms with E-state index < -0.39 is 0 Å². The molecule has 0 aliphatic carbocycles. The summed E-state index contributed by atoms with van der Waals surface area (Å²) in [6.07, 6.45) is 0. The average molecular weight is 340 g/mol. The molecular formula is C18H16N2O3S. The van der Waals surface area contributed by atoms with E-state index in [1.807, 2.05) is 25.1 Å². The van der Waals surface area contributed by atoms with Gasteiger partial charge in [-0.15, -0.1) is 11.8 Å². The molecule has 0 saturated carbocycles. The van der Waals surface area contributed by atoms with Crippen molar-refractivity contribution in [2.45, 2.75) is 17.1 Å². The summed E-state index contributed by atoms with van der Waals surface area (Å²) >= 11 is 1.44. The highest BCUT2D eigenvalue weighted by Gasteiger charge is 2.17. The molecule has 2 aromatic carbocycles. The van der Waals surface area contributed by atoms with Crippen molar-refractivity contribution in [1.29, 1.82) is 5.26 Å². The number of anilines is 1. The van der Waals surface area contributed by atoms with Crippen molar-refractivity contribution in [1.82, 2.24) is 0 Å². The average Bonchev–Trinajstić information content (AvgIpc) is 2.61. The van der Waals surface area contributed by atoms with Gasteiger partial charge in [0.05, 0.1) is 16.9 Å². The van der Waals surface area contributed by atoms with E-state index in [0.29, 0.717) is 30.2 Å². The van der Waals surface area contributed by atoms with Crippen LogP contribution in [0.15, 0.2) is 47.4 Å². The molecule has 1 N–H and O–H groups in total. The lowest BCUT2D eigenvalue weighted by atomic mass is 10.2. The van der Waals surface area contributed by atoms with Crippen molar-refractivity contribution in [3.63, 3.8) is 0 Å². The third-order valence-corrected chi connectivity index (χ3v) is 4.55. The summed E-state index contributed by atoms with van der Waals surface area (Å²) in [6, 6.07) is 14.6. The Morgan fingerprint density at radius 2 is 2.00 bits per heavy atom. The van der Waals surface area contributed by atoms with Gasteiger partial charge in [0.25, 0.3) is 0 Å². The zero-order valence-corrected chi connectivity index (χ0v) is 13.9. The number of carbonyl (C=O) groups is 1. The standard InChI is InChI=1S/C18H16N2O3S/c1-12(18(21)20-14-4-2-3-13(9-14)11-19)24-15-5-6-16-17(10-15)23-8-7-22-16/h2-6,9-10,12H,7-8H2,1H3,(H,20,21). The smallest absolute Gasteiger partial charge is 0.237 e. The molecule has 1 heterocycles. The monoisotopic (exact) mass is 340 g/mol. The van der Waals surface area contributed by atoms with Gasteiger partial charge < -0.3 is 14.8 Å². The summed E-state index contributed by atoms with van der Waals surface area (Å²) in [5.74, 6) is 1.32. The minimum Gasteiger partial charge on any atom is -0.486 e.